The lowest BCUT2D eigenvalue weighted by atomic mass is 9.99. The van der Waals surface area contributed by atoms with Crippen molar-refractivity contribution in [1.29, 1.82) is 0 Å². The lowest BCUT2D eigenvalue weighted by molar-refractivity contribution is 0.665. The highest BCUT2D eigenvalue weighted by Crippen LogP contribution is 2.49. The Balaban J connectivity index is 2.22. The van der Waals surface area contributed by atoms with Crippen LogP contribution in [0.2, 0.25) is 0 Å². The Bertz CT molecular complexity index is 181. The minimum Gasteiger partial charge on any atom is -0.127 e. The van der Waals surface area contributed by atoms with Crippen molar-refractivity contribution >= 4 is 11.8 Å². The highest BCUT2D eigenvalue weighted by molar-refractivity contribution is 8.03. The Morgan fingerprint density at radius 1 is 1.30 bits per heavy atom. The maximum atomic E-state index is 2.32. The Labute approximate surface area is 67.1 Å². The van der Waals surface area contributed by atoms with Gasteiger partial charge in [0.15, 0.2) is 0 Å². The second kappa shape index (κ2) is 2.30. The van der Waals surface area contributed by atoms with Crippen molar-refractivity contribution < 1.29 is 0 Å². The zero-order valence-electron chi connectivity index (χ0n) is 6.68. The van der Waals surface area contributed by atoms with Crippen molar-refractivity contribution in [2.75, 3.05) is 0 Å². The number of hydrogen-bond donors (Lipinski definition) is 0. The van der Waals surface area contributed by atoms with Crippen LogP contribution in [0.3, 0.4) is 0 Å². The molecule has 0 aromatic heterocycles. The van der Waals surface area contributed by atoms with Gasteiger partial charge in [0.2, 0.25) is 0 Å². The van der Waals surface area contributed by atoms with Gasteiger partial charge in [-0.1, -0.05) is 12.0 Å². The van der Waals surface area contributed by atoms with E-state index < -0.39 is 0 Å². The fraction of sp³-hybridized carbons (Fsp3) is 0.778. The highest BCUT2D eigenvalue weighted by atomic mass is 32.2. The summed E-state index contributed by atoms with van der Waals surface area (Å²) in [5, 5.41) is 0.972. The van der Waals surface area contributed by atoms with Gasteiger partial charge in [-0.15, -0.1) is 11.8 Å². The number of thioether (sulfide) groups is 1. The van der Waals surface area contributed by atoms with Crippen molar-refractivity contribution in [2.45, 2.75) is 38.4 Å². The van der Waals surface area contributed by atoms with Gasteiger partial charge in [-0.2, -0.15) is 0 Å². The molecule has 0 aromatic rings. The first kappa shape index (κ1) is 6.78. The van der Waals surface area contributed by atoms with Gasteiger partial charge in [0.1, 0.15) is 0 Å². The molecular formula is C9H14S. The fourth-order valence-electron chi connectivity index (χ4n) is 2.14. The quantitative estimate of drug-likeness (QED) is 0.516. The molecule has 1 aliphatic carbocycles. The van der Waals surface area contributed by atoms with Gasteiger partial charge in [-0.3, -0.25) is 0 Å². The molecular weight excluding hydrogens is 140 g/mol. The summed E-state index contributed by atoms with van der Waals surface area (Å²) >= 11 is 2.12. The van der Waals surface area contributed by atoms with Gasteiger partial charge in [0.25, 0.3) is 0 Å². The van der Waals surface area contributed by atoms with E-state index in [1.165, 1.54) is 19.3 Å². The van der Waals surface area contributed by atoms with Crippen LogP contribution in [0.15, 0.2) is 10.5 Å². The van der Waals surface area contributed by atoms with E-state index in [9.17, 15) is 0 Å². The molecule has 0 N–H and O–H groups in total. The van der Waals surface area contributed by atoms with Gasteiger partial charge in [-0.05, 0) is 37.5 Å². The Kier molecular flexibility index (Phi) is 1.56. The molecule has 1 saturated carbocycles. The summed E-state index contributed by atoms with van der Waals surface area (Å²) < 4.78 is 0. The lowest BCUT2D eigenvalue weighted by Crippen LogP contribution is -2.04. The third-order valence-electron chi connectivity index (χ3n) is 2.89. The zero-order valence-corrected chi connectivity index (χ0v) is 7.50. The molecule has 1 fully saturated rings. The molecule has 56 valence electrons. The molecule has 2 rings (SSSR count). The summed E-state index contributed by atoms with van der Waals surface area (Å²) in [7, 11) is 0. The highest BCUT2D eigenvalue weighted by Gasteiger charge is 2.34. The van der Waals surface area contributed by atoms with Gasteiger partial charge >= 0.3 is 0 Å². The SMILES string of the molecule is CC1=C(C)C2CCCC2S1. The first-order valence-corrected chi connectivity index (χ1v) is 5.01. The first-order chi connectivity index (χ1) is 4.79. The smallest absolute Gasteiger partial charge is 0.0157 e. The van der Waals surface area contributed by atoms with Crippen molar-refractivity contribution in [3.63, 3.8) is 0 Å². The third-order valence-corrected chi connectivity index (χ3v) is 4.43. The van der Waals surface area contributed by atoms with Crippen LogP contribution in [-0.4, -0.2) is 5.25 Å². The average molecular weight is 154 g/mol. The second-order valence-electron chi connectivity index (χ2n) is 3.43. The maximum absolute atomic E-state index is 2.32. The molecule has 0 nitrogen and oxygen atoms in total. The van der Waals surface area contributed by atoms with Crippen molar-refractivity contribution in [3.05, 3.63) is 10.5 Å². The minimum atomic E-state index is 0.963. The monoisotopic (exact) mass is 154 g/mol. The van der Waals surface area contributed by atoms with Crippen molar-refractivity contribution in [1.82, 2.24) is 0 Å². The molecule has 0 radical (unpaired) electrons. The average Bonchev–Trinajstić information content (AvgIpc) is 2.41. The Morgan fingerprint density at radius 3 is 2.80 bits per heavy atom. The molecule has 2 aliphatic rings. The number of allylic oxidation sites excluding steroid dienone is 2. The molecule has 2 atom stereocenters. The maximum Gasteiger partial charge on any atom is 0.0157 e. The normalized spacial score (nSPS) is 39.0. The molecule has 0 bridgehead atoms. The molecule has 0 spiro atoms. The molecule has 0 amide bonds. The van der Waals surface area contributed by atoms with E-state index in [4.69, 9.17) is 0 Å². The zero-order chi connectivity index (χ0) is 7.14. The largest absolute Gasteiger partial charge is 0.127 e. The summed E-state index contributed by atoms with van der Waals surface area (Å²) in [5.74, 6) is 0.963. The van der Waals surface area contributed by atoms with E-state index in [2.05, 4.69) is 25.6 Å². The summed E-state index contributed by atoms with van der Waals surface area (Å²) in [6.07, 6.45) is 4.39. The number of hydrogen-bond acceptors (Lipinski definition) is 1. The van der Waals surface area contributed by atoms with Gasteiger partial charge in [0, 0.05) is 5.25 Å². The van der Waals surface area contributed by atoms with Crippen LogP contribution in [0, 0.1) is 5.92 Å². The second-order valence-corrected chi connectivity index (χ2v) is 4.89. The summed E-state index contributed by atoms with van der Waals surface area (Å²) in [6.45, 7) is 4.59. The summed E-state index contributed by atoms with van der Waals surface area (Å²) in [5.41, 5.74) is 1.69. The van der Waals surface area contributed by atoms with E-state index >= 15 is 0 Å². The summed E-state index contributed by atoms with van der Waals surface area (Å²) in [6, 6.07) is 0. The van der Waals surface area contributed by atoms with Crippen LogP contribution < -0.4 is 0 Å². The lowest BCUT2D eigenvalue weighted by Gasteiger charge is -2.08. The van der Waals surface area contributed by atoms with E-state index in [1.54, 1.807) is 10.5 Å². The van der Waals surface area contributed by atoms with Crippen LogP contribution in [0.5, 0.6) is 0 Å². The predicted molar refractivity (Wildman–Crippen MR) is 47.1 cm³/mol. The summed E-state index contributed by atoms with van der Waals surface area (Å²) in [4.78, 5) is 1.61. The minimum absolute atomic E-state index is 0.963. The van der Waals surface area contributed by atoms with E-state index in [-0.39, 0.29) is 0 Å². The molecule has 10 heavy (non-hydrogen) atoms. The fourth-order valence-corrected chi connectivity index (χ4v) is 3.72. The predicted octanol–water partition coefficient (Wildman–Crippen LogP) is 3.20. The van der Waals surface area contributed by atoms with Crippen molar-refractivity contribution in [2.24, 2.45) is 5.92 Å². The van der Waals surface area contributed by atoms with Crippen LogP contribution in [0.25, 0.3) is 0 Å². The van der Waals surface area contributed by atoms with Crippen LogP contribution in [0.4, 0.5) is 0 Å². The van der Waals surface area contributed by atoms with Gasteiger partial charge in [0.05, 0.1) is 0 Å². The topological polar surface area (TPSA) is 0 Å². The molecule has 1 aliphatic heterocycles. The van der Waals surface area contributed by atoms with Gasteiger partial charge in [-0.25, -0.2) is 0 Å². The van der Waals surface area contributed by atoms with Crippen LogP contribution in [0.1, 0.15) is 33.1 Å². The number of rotatable bonds is 0. The Morgan fingerprint density at radius 2 is 2.10 bits per heavy atom. The molecule has 1 heteroatoms. The third kappa shape index (κ3) is 0.833. The molecule has 2 unspecified atom stereocenters. The molecule has 0 saturated heterocycles. The van der Waals surface area contributed by atoms with Gasteiger partial charge < -0.3 is 0 Å². The first-order valence-electron chi connectivity index (χ1n) is 4.13. The standard InChI is InChI=1S/C9H14S/c1-6-7(2)10-9-5-3-4-8(6)9/h8-9H,3-5H2,1-2H3. The molecule has 0 aromatic carbocycles. The van der Waals surface area contributed by atoms with E-state index in [0.717, 1.165) is 11.2 Å². The van der Waals surface area contributed by atoms with Crippen molar-refractivity contribution in [3.8, 4) is 0 Å². The van der Waals surface area contributed by atoms with Crippen LogP contribution in [-0.2, 0) is 0 Å². The van der Waals surface area contributed by atoms with E-state index in [1.807, 2.05) is 0 Å². The Hall–Kier alpha value is 0.0900. The van der Waals surface area contributed by atoms with Crippen LogP contribution >= 0.6 is 11.8 Å². The molecule has 1 heterocycles. The van der Waals surface area contributed by atoms with E-state index in [0.29, 0.717) is 0 Å². The number of fused-ring (bicyclic) bond motifs is 1.